The molecule has 2 aromatic rings. The van der Waals surface area contributed by atoms with E-state index in [0.717, 1.165) is 14.3 Å². The number of hydrogen-bond donors (Lipinski definition) is 1. The van der Waals surface area contributed by atoms with Gasteiger partial charge < -0.3 is 10.1 Å². The Balaban J connectivity index is 2.28. The third-order valence-electron chi connectivity index (χ3n) is 2.42. The van der Waals surface area contributed by atoms with Crippen LogP contribution in [0.2, 0.25) is 0 Å². The number of carbonyl (C=O) groups excluding carboxylic acids is 1. The first kappa shape index (κ1) is 14.3. The van der Waals surface area contributed by atoms with Crippen molar-refractivity contribution in [3.63, 3.8) is 0 Å². The molecule has 0 aliphatic rings. The molecule has 0 saturated heterocycles. The Labute approximate surface area is 129 Å². The fraction of sp³-hybridized carbons (Fsp3) is 0.231. The summed E-state index contributed by atoms with van der Waals surface area (Å²) in [5, 5.41) is 3.94. The third-order valence-corrected chi connectivity index (χ3v) is 3.95. The number of carbonyl (C=O) groups is 1. The van der Waals surface area contributed by atoms with Gasteiger partial charge in [0.15, 0.2) is 0 Å². The van der Waals surface area contributed by atoms with Crippen molar-refractivity contribution in [1.82, 2.24) is 4.37 Å². The van der Waals surface area contributed by atoms with E-state index >= 15 is 0 Å². The van der Waals surface area contributed by atoms with Gasteiger partial charge in [0.05, 0.1) is 12.3 Å². The van der Waals surface area contributed by atoms with Crippen molar-refractivity contribution >= 4 is 50.8 Å². The predicted molar refractivity (Wildman–Crippen MR) is 85.2 cm³/mol. The zero-order valence-corrected chi connectivity index (χ0v) is 13.5. The summed E-state index contributed by atoms with van der Waals surface area (Å²) in [6.07, 6.45) is 0. The first-order valence-electron chi connectivity index (χ1n) is 5.77. The smallest absolute Gasteiger partial charge is 0.343 e. The fourth-order valence-corrected chi connectivity index (χ4v) is 2.94. The van der Waals surface area contributed by atoms with Gasteiger partial charge in [-0.15, -0.1) is 0 Å². The van der Waals surface area contributed by atoms with Crippen LogP contribution in [0.5, 0.6) is 0 Å². The summed E-state index contributed by atoms with van der Waals surface area (Å²) >= 11 is 3.51. The molecule has 19 heavy (non-hydrogen) atoms. The molecule has 2 rings (SSSR count). The molecule has 1 N–H and O–H groups in total. The van der Waals surface area contributed by atoms with E-state index in [9.17, 15) is 4.79 Å². The molecule has 0 saturated carbocycles. The average molecular weight is 388 g/mol. The van der Waals surface area contributed by atoms with E-state index in [1.807, 2.05) is 31.2 Å². The number of nitrogens with one attached hydrogen (secondary N) is 1. The quantitative estimate of drug-likeness (QED) is 0.636. The topological polar surface area (TPSA) is 51.2 Å². The largest absolute Gasteiger partial charge is 0.462 e. The number of aromatic nitrogens is 1. The first-order valence-corrected chi connectivity index (χ1v) is 7.63. The van der Waals surface area contributed by atoms with Gasteiger partial charge in [-0.1, -0.05) is 6.07 Å². The SMILES string of the molecule is CCOC(=O)c1c(C)nsc1Nc1cccc(I)c1. The van der Waals surface area contributed by atoms with Gasteiger partial charge >= 0.3 is 5.97 Å². The minimum absolute atomic E-state index is 0.332. The molecular formula is C13H13IN2O2S. The van der Waals surface area contributed by atoms with Crippen LogP contribution in [-0.4, -0.2) is 16.9 Å². The number of ether oxygens (including phenoxy) is 1. The minimum Gasteiger partial charge on any atom is -0.462 e. The Morgan fingerprint density at radius 1 is 1.53 bits per heavy atom. The van der Waals surface area contributed by atoms with Gasteiger partial charge in [0.1, 0.15) is 10.6 Å². The highest BCUT2D eigenvalue weighted by Crippen LogP contribution is 2.29. The van der Waals surface area contributed by atoms with Gasteiger partial charge in [0.25, 0.3) is 0 Å². The molecule has 0 spiro atoms. The molecule has 1 heterocycles. The molecule has 6 heteroatoms. The van der Waals surface area contributed by atoms with Crippen LogP contribution in [0, 0.1) is 10.5 Å². The average Bonchev–Trinajstić information content (AvgIpc) is 2.71. The van der Waals surface area contributed by atoms with Crippen LogP contribution in [0.3, 0.4) is 0 Å². The number of nitrogens with zero attached hydrogens (tertiary/aromatic N) is 1. The highest BCUT2D eigenvalue weighted by molar-refractivity contribution is 14.1. The van der Waals surface area contributed by atoms with Crippen molar-refractivity contribution < 1.29 is 9.53 Å². The lowest BCUT2D eigenvalue weighted by atomic mass is 10.2. The van der Waals surface area contributed by atoms with Crippen LogP contribution in [-0.2, 0) is 4.74 Å². The van der Waals surface area contributed by atoms with Crippen LogP contribution < -0.4 is 5.32 Å². The summed E-state index contributed by atoms with van der Waals surface area (Å²) in [5.41, 5.74) is 2.14. The Morgan fingerprint density at radius 2 is 2.32 bits per heavy atom. The van der Waals surface area contributed by atoms with E-state index in [4.69, 9.17) is 4.74 Å². The second kappa shape index (κ2) is 6.33. The van der Waals surface area contributed by atoms with Crippen molar-refractivity contribution in [2.45, 2.75) is 13.8 Å². The van der Waals surface area contributed by atoms with Crippen LogP contribution in [0.4, 0.5) is 10.7 Å². The molecule has 4 nitrogen and oxygen atoms in total. The lowest BCUT2D eigenvalue weighted by molar-refractivity contribution is 0.0527. The summed E-state index contributed by atoms with van der Waals surface area (Å²) in [4.78, 5) is 11.9. The number of esters is 1. The molecule has 100 valence electrons. The molecule has 0 radical (unpaired) electrons. The van der Waals surface area contributed by atoms with E-state index < -0.39 is 0 Å². The normalized spacial score (nSPS) is 10.3. The zero-order valence-electron chi connectivity index (χ0n) is 10.6. The predicted octanol–water partition coefficient (Wildman–Crippen LogP) is 3.98. The van der Waals surface area contributed by atoms with Crippen LogP contribution >= 0.6 is 34.1 Å². The van der Waals surface area contributed by atoms with Crippen molar-refractivity contribution in [3.8, 4) is 0 Å². The highest BCUT2D eigenvalue weighted by atomic mass is 127. The van der Waals surface area contributed by atoms with Crippen molar-refractivity contribution in [2.75, 3.05) is 11.9 Å². The van der Waals surface area contributed by atoms with Crippen molar-refractivity contribution in [1.29, 1.82) is 0 Å². The maximum absolute atomic E-state index is 11.9. The standard InChI is InChI=1S/C13H13IN2O2S/c1-3-18-13(17)11-8(2)16-19-12(11)15-10-6-4-5-9(14)7-10/h4-7,15H,3H2,1-2H3. The van der Waals surface area contributed by atoms with E-state index in [1.54, 1.807) is 6.92 Å². The van der Waals surface area contributed by atoms with Gasteiger partial charge in [0, 0.05) is 9.26 Å². The van der Waals surface area contributed by atoms with Gasteiger partial charge in [-0.3, -0.25) is 0 Å². The van der Waals surface area contributed by atoms with Crippen LogP contribution in [0.1, 0.15) is 23.0 Å². The third kappa shape index (κ3) is 3.44. The molecule has 1 aromatic heterocycles. The number of benzene rings is 1. The van der Waals surface area contributed by atoms with E-state index in [2.05, 4.69) is 32.3 Å². The second-order valence-electron chi connectivity index (χ2n) is 3.83. The van der Waals surface area contributed by atoms with Gasteiger partial charge in [-0.25, -0.2) is 4.79 Å². The molecule has 0 bridgehead atoms. The molecule has 0 fully saturated rings. The lowest BCUT2D eigenvalue weighted by Gasteiger charge is -2.07. The maximum Gasteiger partial charge on any atom is 0.343 e. The van der Waals surface area contributed by atoms with Crippen molar-refractivity contribution in [2.24, 2.45) is 0 Å². The number of rotatable bonds is 4. The summed E-state index contributed by atoms with van der Waals surface area (Å²) in [5.74, 6) is -0.332. The Hall–Kier alpha value is -1.15. The monoisotopic (exact) mass is 388 g/mol. The van der Waals surface area contributed by atoms with Gasteiger partial charge in [0.2, 0.25) is 0 Å². The Bertz CT molecular complexity index is 598. The summed E-state index contributed by atoms with van der Waals surface area (Å²) in [6, 6.07) is 7.93. The summed E-state index contributed by atoms with van der Waals surface area (Å²) in [6.45, 7) is 3.96. The van der Waals surface area contributed by atoms with E-state index in [0.29, 0.717) is 17.9 Å². The first-order chi connectivity index (χ1) is 9.11. The fourth-order valence-electron chi connectivity index (χ4n) is 1.60. The number of halogens is 1. The molecule has 0 amide bonds. The maximum atomic E-state index is 11.9. The van der Waals surface area contributed by atoms with E-state index in [1.165, 1.54) is 11.5 Å². The number of aryl methyl sites for hydroxylation is 1. The van der Waals surface area contributed by atoms with Crippen LogP contribution in [0.15, 0.2) is 24.3 Å². The highest BCUT2D eigenvalue weighted by Gasteiger charge is 2.19. The molecule has 0 unspecified atom stereocenters. The van der Waals surface area contributed by atoms with Gasteiger partial charge in [-0.05, 0) is 66.2 Å². The summed E-state index contributed by atoms with van der Waals surface area (Å²) in [7, 11) is 0. The number of hydrogen-bond acceptors (Lipinski definition) is 5. The Morgan fingerprint density at radius 3 is 3.00 bits per heavy atom. The van der Waals surface area contributed by atoms with Gasteiger partial charge in [-0.2, -0.15) is 4.37 Å². The number of anilines is 2. The van der Waals surface area contributed by atoms with Crippen LogP contribution in [0.25, 0.3) is 0 Å². The Kier molecular flexibility index (Phi) is 4.76. The molecule has 1 aromatic carbocycles. The zero-order chi connectivity index (χ0) is 13.8. The molecule has 0 aliphatic heterocycles. The lowest BCUT2D eigenvalue weighted by Crippen LogP contribution is -2.07. The molecular weight excluding hydrogens is 375 g/mol. The molecule has 0 aliphatic carbocycles. The van der Waals surface area contributed by atoms with E-state index in [-0.39, 0.29) is 5.97 Å². The second-order valence-corrected chi connectivity index (χ2v) is 5.85. The summed E-state index contributed by atoms with van der Waals surface area (Å²) < 4.78 is 10.4. The minimum atomic E-state index is -0.332. The van der Waals surface area contributed by atoms with Crippen molar-refractivity contribution in [3.05, 3.63) is 39.1 Å². The molecule has 0 atom stereocenters.